The molecule has 1 saturated heterocycles. The van der Waals surface area contributed by atoms with E-state index in [2.05, 4.69) is 31.4 Å². The molecule has 0 radical (unpaired) electrons. The van der Waals surface area contributed by atoms with E-state index in [-0.39, 0.29) is 24.7 Å². The first-order valence-corrected chi connectivity index (χ1v) is 8.89. The van der Waals surface area contributed by atoms with Gasteiger partial charge in [-0.15, -0.1) is 0 Å². The number of ether oxygens (including phenoxy) is 2. The summed E-state index contributed by atoms with van der Waals surface area (Å²) >= 11 is 6.42. The number of hydrogen-bond donors (Lipinski definition) is 2. The number of nitrogens with one attached hydrogen (secondary N) is 2. The first-order valence-electron chi connectivity index (χ1n) is 8.51. The van der Waals surface area contributed by atoms with Gasteiger partial charge in [-0.2, -0.15) is 0 Å². The Balaban J connectivity index is 2.16. The maximum Gasteiger partial charge on any atom is 0.241 e. The van der Waals surface area contributed by atoms with Crippen molar-refractivity contribution in [3.05, 3.63) is 22.7 Å². The molecule has 1 heterocycles. The molecule has 0 spiro atoms. The molecule has 2 N–H and O–H groups in total. The van der Waals surface area contributed by atoms with Crippen molar-refractivity contribution in [1.82, 2.24) is 10.2 Å². The summed E-state index contributed by atoms with van der Waals surface area (Å²) in [7, 11) is 1.56. The monoisotopic (exact) mass is 369 g/mol. The third-order valence-electron chi connectivity index (χ3n) is 4.11. The molecule has 1 aliphatic heterocycles. The number of carbonyl (C=O) groups excluding carboxylic acids is 1. The minimum Gasteiger partial charge on any atom is -0.465 e. The van der Waals surface area contributed by atoms with Crippen LogP contribution in [-0.2, 0) is 14.9 Å². The number of benzene rings is 1. The van der Waals surface area contributed by atoms with Gasteiger partial charge in [0.25, 0.3) is 0 Å². The first-order chi connectivity index (χ1) is 11.8. The maximum atomic E-state index is 12.4. The highest BCUT2D eigenvalue weighted by Gasteiger charge is 2.21. The van der Waals surface area contributed by atoms with E-state index in [0.29, 0.717) is 10.8 Å². The second-order valence-electron chi connectivity index (χ2n) is 7.11. The van der Waals surface area contributed by atoms with Crippen LogP contribution in [0.2, 0.25) is 5.02 Å². The van der Waals surface area contributed by atoms with Crippen molar-refractivity contribution in [2.45, 2.75) is 26.2 Å². The van der Waals surface area contributed by atoms with Crippen molar-refractivity contribution in [2.75, 3.05) is 51.9 Å². The van der Waals surface area contributed by atoms with Crippen molar-refractivity contribution in [1.29, 1.82) is 0 Å². The molecule has 1 aliphatic rings. The second kappa shape index (κ2) is 8.74. The van der Waals surface area contributed by atoms with Gasteiger partial charge in [0.05, 0.1) is 12.2 Å². The number of nitrogens with zero attached hydrogens (tertiary/aromatic N) is 1. The Morgan fingerprint density at radius 2 is 2.00 bits per heavy atom. The molecule has 1 amide bonds. The zero-order chi connectivity index (χ0) is 18.4. The van der Waals surface area contributed by atoms with Gasteiger partial charge in [0.2, 0.25) is 5.91 Å². The van der Waals surface area contributed by atoms with Gasteiger partial charge < -0.3 is 25.0 Å². The lowest BCUT2D eigenvalue weighted by molar-refractivity contribution is -0.129. The first kappa shape index (κ1) is 19.8. The molecule has 6 nitrogen and oxygen atoms in total. The van der Waals surface area contributed by atoms with Gasteiger partial charge in [-0.05, 0) is 17.0 Å². The van der Waals surface area contributed by atoms with Crippen LogP contribution < -0.4 is 15.4 Å². The number of methoxy groups -OCH3 is 1. The zero-order valence-corrected chi connectivity index (χ0v) is 16.2. The highest BCUT2D eigenvalue weighted by molar-refractivity contribution is 6.31. The highest BCUT2D eigenvalue weighted by Crippen LogP contribution is 2.37. The largest absolute Gasteiger partial charge is 0.465 e. The summed E-state index contributed by atoms with van der Waals surface area (Å²) in [5, 5.41) is 7.09. The zero-order valence-electron chi connectivity index (χ0n) is 15.4. The fourth-order valence-electron chi connectivity index (χ4n) is 2.71. The van der Waals surface area contributed by atoms with Crippen molar-refractivity contribution < 1.29 is 14.3 Å². The van der Waals surface area contributed by atoms with Gasteiger partial charge in [-0.25, -0.2) is 0 Å². The average molecular weight is 370 g/mol. The Labute approximate surface area is 154 Å². The lowest BCUT2D eigenvalue weighted by Gasteiger charge is -2.28. The normalized spacial score (nSPS) is 15.2. The van der Waals surface area contributed by atoms with E-state index in [1.807, 2.05) is 11.0 Å². The Morgan fingerprint density at radius 3 is 2.60 bits per heavy atom. The number of rotatable bonds is 6. The van der Waals surface area contributed by atoms with Crippen LogP contribution in [0.15, 0.2) is 12.1 Å². The van der Waals surface area contributed by atoms with E-state index in [9.17, 15) is 4.79 Å². The third kappa shape index (κ3) is 5.49. The average Bonchev–Trinajstić information content (AvgIpc) is 2.58. The van der Waals surface area contributed by atoms with Crippen molar-refractivity contribution in [2.24, 2.45) is 0 Å². The third-order valence-corrected chi connectivity index (χ3v) is 4.42. The quantitative estimate of drug-likeness (QED) is 0.754. The van der Waals surface area contributed by atoms with E-state index >= 15 is 0 Å². The van der Waals surface area contributed by atoms with Crippen LogP contribution >= 0.6 is 11.6 Å². The van der Waals surface area contributed by atoms with E-state index in [4.69, 9.17) is 21.1 Å². The summed E-state index contributed by atoms with van der Waals surface area (Å²) in [6.07, 6.45) is 0. The maximum absolute atomic E-state index is 12.4. The minimum atomic E-state index is -0.115. The van der Waals surface area contributed by atoms with Crippen LogP contribution in [0.1, 0.15) is 26.3 Å². The molecular formula is C18H28ClN3O3. The molecule has 7 heteroatoms. The van der Waals surface area contributed by atoms with Gasteiger partial charge >= 0.3 is 0 Å². The van der Waals surface area contributed by atoms with E-state index in [0.717, 1.165) is 37.4 Å². The predicted octanol–water partition coefficient (Wildman–Crippen LogP) is 2.46. The molecule has 0 unspecified atom stereocenters. The SMILES string of the molecule is COCOc1cc(Cl)c(C(C)(C)C)cc1NCC(=O)N1CCNCC1. The molecule has 1 aromatic rings. The molecule has 1 aromatic carbocycles. The molecule has 0 aliphatic carbocycles. The van der Waals surface area contributed by atoms with Crippen molar-refractivity contribution >= 4 is 23.2 Å². The molecule has 25 heavy (non-hydrogen) atoms. The topological polar surface area (TPSA) is 62.8 Å². The number of amides is 1. The molecule has 0 bridgehead atoms. The number of piperazine rings is 1. The lowest BCUT2D eigenvalue weighted by atomic mass is 9.86. The van der Waals surface area contributed by atoms with E-state index in [1.165, 1.54) is 0 Å². The fourth-order valence-corrected chi connectivity index (χ4v) is 3.14. The summed E-state index contributed by atoms with van der Waals surface area (Å²) in [6, 6.07) is 3.73. The molecule has 0 atom stereocenters. The molecular weight excluding hydrogens is 342 g/mol. The second-order valence-corrected chi connectivity index (χ2v) is 7.52. The number of anilines is 1. The van der Waals surface area contributed by atoms with Crippen LogP contribution in [-0.4, -0.2) is 57.4 Å². The number of hydrogen-bond acceptors (Lipinski definition) is 5. The molecule has 0 aromatic heterocycles. The molecule has 2 rings (SSSR count). The Bertz CT molecular complexity index is 596. The van der Waals surface area contributed by atoms with Crippen LogP contribution in [0.3, 0.4) is 0 Å². The van der Waals surface area contributed by atoms with Gasteiger partial charge in [0, 0.05) is 44.4 Å². The van der Waals surface area contributed by atoms with Crippen LogP contribution in [0.4, 0.5) is 5.69 Å². The summed E-state index contributed by atoms with van der Waals surface area (Å²) in [5.74, 6) is 0.652. The van der Waals surface area contributed by atoms with E-state index < -0.39 is 0 Å². The Hall–Kier alpha value is -1.50. The van der Waals surface area contributed by atoms with E-state index in [1.54, 1.807) is 13.2 Å². The smallest absolute Gasteiger partial charge is 0.241 e. The summed E-state index contributed by atoms with van der Waals surface area (Å²) in [4.78, 5) is 14.3. The Morgan fingerprint density at radius 1 is 1.32 bits per heavy atom. The fraction of sp³-hybridized carbons (Fsp3) is 0.611. The standard InChI is InChI=1S/C18H28ClN3O3/c1-18(2,3)13-9-15(16(10-14(13)19)25-12-24-4)21-11-17(23)22-7-5-20-6-8-22/h9-10,20-21H,5-8,11-12H2,1-4H3. The van der Waals surface area contributed by atoms with Crippen LogP contribution in [0.5, 0.6) is 5.75 Å². The minimum absolute atomic E-state index is 0.0754. The van der Waals surface area contributed by atoms with Gasteiger partial charge in [0.15, 0.2) is 6.79 Å². The molecule has 0 saturated carbocycles. The number of halogens is 1. The van der Waals surface area contributed by atoms with Gasteiger partial charge in [-0.3, -0.25) is 4.79 Å². The van der Waals surface area contributed by atoms with Crippen LogP contribution in [0.25, 0.3) is 0 Å². The highest BCUT2D eigenvalue weighted by atomic mass is 35.5. The van der Waals surface area contributed by atoms with Crippen molar-refractivity contribution in [3.63, 3.8) is 0 Å². The number of carbonyl (C=O) groups is 1. The predicted molar refractivity (Wildman–Crippen MR) is 101 cm³/mol. The van der Waals surface area contributed by atoms with Gasteiger partial charge in [0.1, 0.15) is 5.75 Å². The van der Waals surface area contributed by atoms with Crippen LogP contribution in [0, 0.1) is 0 Å². The summed E-state index contributed by atoms with van der Waals surface area (Å²) < 4.78 is 10.6. The van der Waals surface area contributed by atoms with Crippen molar-refractivity contribution in [3.8, 4) is 5.75 Å². The summed E-state index contributed by atoms with van der Waals surface area (Å²) in [5.41, 5.74) is 1.63. The molecule has 1 fully saturated rings. The molecule has 140 valence electrons. The summed E-state index contributed by atoms with van der Waals surface area (Å²) in [6.45, 7) is 9.77. The van der Waals surface area contributed by atoms with Gasteiger partial charge in [-0.1, -0.05) is 32.4 Å². The Kier molecular flexibility index (Phi) is 6.93. The lowest BCUT2D eigenvalue weighted by Crippen LogP contribution is -2.48.